The molecule has 0 saturated carbocycles. The Labute approximate surface area is 104 Å². The van der Waals surface area contributed by atoms with Crippen LogP contribution in [-0.4, -0.2) is 9.78 Å². The van der Waals surface area contributed by atoms with Gasteiger partial charge in [-0.15, -0.1) is 0 Å². The highest BCUT2D eigenvalue weighted by Crippen LogP contribution is 2.25. The van der Waals surface area contributed by atoms with Gasteiger partial charge in [-0.25, -0.2) is 0 Å². The zero-order valence-corrected chi connectivity index (χ0v) is 11.9. The van der Waals surface area contributed by atoms with Crippen molar-refractivity contribution in [2.45, 2.75) is 72.3 Å². The Morgan fingerprint density at radius 3 is 2.29 bits per heavy atom. The van der Waals surface area contributed by atoms with Crippen molar-refractivity contribution in [1.29, 1.82) is 0 Å². The van der Waals surface area contributed by atoms with E-state index in [-0.39, 0.29) is 11.0 Å². The van der Waals surface area contributed by atoms with E-state index in [0.29, 0.717) is 0 Å². The van der Waals surface area contributed by atoms with Crippen LogP contribution in [0, 0.1) is 0 Å². The smallest absolute Gasteiger partial charge is 0.267 e. The molecule has 0 aliphatic carbocycles. The van der Waals surface area contributed by atoms with Crippen molar-refractivity contribution in [2.75, 3.05) is 0 Å². The first kappa shape index (κ1) is 14.1. The van der Waals surface area contributed by atoms with Gasteiger partial charge in [0, 0.05) is 23.2 Å². The third kappa shape index (κ3) is 3.24. The van der Waals surface area contributed by atoms with Crippen molar-refractivity contribution in [3.8, 4) is 0 Å². The second-order valence-corrected chi connectivity index (χ2v) is 5.77. The molecule has 1 aromatic heterocycles. The molecule has 0 radical (unpaired) electrons. The van der Waals surface area contributed by atoms with Crippen LogP contribution in [0.1, 0.15) is 65.1 Å². The molecule has 1 aromatic rings. The molecule has 0 bridgehead atoms. The van der Waals surface area contributed by atoms with Crippen molar-refractivity contribution in [3.63, 3.8) is 0 Å². The summed E-state index contributed by atoms with van der Waals surface area (Å²) < 4.78 is 2.05. The molecule has 0 atom stereocenters. The van der Waals surface area contributed by atoms with E-state index in [0.717, 1.165) is 37.8 Å². The summed E-state index contributed by atoms with van der Waals surface area (Å²) in [6.07, 6.45) is 4.15. The Hall–Kier alpha value is -0.990. The van der Waals surface area contributed by atoms with E-state index in [9.17, 15) is 4.79 Å². The fourth-order valence-electron chi connectivity index (χ4n) is 2.35. The molecule has 0 aliphatic rings. The minimum absolute atomic E-state index is 0.0252. The molecule has 0 unspecified atom stereocenters. The average Bonchev–Trinajstić information content (AvgIpc) is 2.52. The lowest BCUT2D eigenvalue weighted by Gasteiger charge is -2.22. The molecule has 0 amide bonds. The summed E-state index contributed by atoms with van der Waals surface area (Å²) in [5.74, 6) is 0. The summed E-state index contributed by atoms with van der Waals surface area (Å²) in [6, 6.07) is 0. The van der Waals surface area contributed by atoms with Crippen molar-refractivity contribution in [1.82, 2.24) is 9.78 Å². The van der Waals surface area contributed by atoms with Gasteiger partial charge >= 0.3 is 0 Å². The summed E-state index contributed by atoms with van der Waals surface area (Å²) in [5.41, 5.74) is 2.32. The fraction of sp³-hybridized carbons (Fsp3) is 0.786. The van der Waals surface area contributed by atoms with Crippen molar-refractivity contribution in [2.24, 2.45) is 0 Å². The number of unbranched alkanes of at least 4 members (excludes halogenated alkanes) is 1. The minimum atomic E-state index is 0.0252. The lowest BCUT2D eigenvalue weighted by molar-refractivity contribution is 0.476. The standard InChI is InChI=1S/C14H26N2O/c1-6-8-9-11-12(14(3,4)5)16(10-7-2)15-13(11)17/h6-10H2,1-5H3,(H,15,17). The van der Waals surface area contributed by atoms with Crippen LogP contribution in [0.15, 0.2) is 4.79 Å². The third-order valence-electron chi connectivity index (χ3n) is 3.00. The van der Waals surface area contributed by atoms with Crippen LogP contribution in [0.2, 0.25) is 0 Å². The average molecular weight is 238 g/mol. The number of aromatic nitrogens is 2. The maximum Gasteiger partial charge on any atom is 0.267 e. The summed E-state index contributed by atoms with van der Waals surface area (Å²) >= 11 is 0. The van der Waals surface area contributed by atoms with Gasteiger partial charge in [0.25, 0.3) is 5.56 Å². The van der Waals surface area contributed by atoms with Crippen LogP contribution in [0.3, 0.4) is 0 Å². The topological polar surface area (TPSA) is 37.8 Å². The predicted octanol–water partition coefficient (Wildman–Crippen LogP) is 3.23. The highest BCUT2D eigenvalue weighted by Gasteiger charge is 2.25. The number of hydrogen-bond acceptors (Lipinski definition) is 1. The Morgan fingerprint density at radius 1 is 1.18 bits per heavy atom. The molecule has 1 heterocycles. The molecule has 0 fully saturated rings. The number of H-pyrrole nitrogens is 1. The van der Waals surface area contributed by atoms with Gasteiger partial charge in [-0.05, 0) is 19.3 Å². The number of nitrogens with one attached hydrogen (secondary N) is 1. The number of hydrogen-bond donors (Lipinski definition) is 1. The van der Waals surface area contributed by atoms with Gasteiger partial charge in [-0.3, -0.25) is 14.6 Å². The van der Waals surface area contributed by atoms with Crippen LogP contribution in [0.4, 0.5) is 0 Å². The van der Waals surface area contributed by atoms with E-state index >= 15 is 0 Å². The van der Waals surface area contributed by atoms with Crippen molar-refractivity contribution >= 4 is 0 Å². The molecule has 0 spiro atoms. The number of aromatic amines is 1. The SMILES string of the molecule is CCCCc1c(C(C)(C)C)n(CCC)[nH]c1=O. The van der Waals surface area contributed by atoms with E-state index in [1.54, 1.807) is 0 Å². The first-order valence-corrected chi connectivity index (χ1v) is 6.74. The molecule has 98 valence electrons. The Kier molecular flexibility index (Phi) is 4.61. The van der Waals surface area contributed by atoms with Crippen molar-refractivity contribution < 1.29 is 0 Å². The first-order valence-electron chi connectivity index (χ1n) is 6.74. The molecule has 1 rings (SSSR count). The molecular weight excluding hydrogens is 212 g/mol. The molecule has 17 heavy (non-hydrogen) atoms. The van der Waals surface area contributed by atoms with Gasteiger partial charge in [0.2, 0.25) is 0 Å². The zero-order valence-electron chi connectivity index (χ0n) is 11.9. The Bertz CT molecular complexity index is 407. The molecule has 0 saturated heterocycles. The fourth-order valence-corrected chi connectivity index (χ4v) is 2.35. The molecule has 3 heteroatoms. The Morgan fingerprint density at radius 2 is 1.82 bits per heavy atom. The van der Waals surface area contributed by atoms with E-state index in [4.69, 9.17) is 0 Å². The zero-order chi connectivity index (χ0) is 13.1. The molecular formula is C14H26N2O. The van der Waals surface area contributed by atoms with E-state index in [1.165, 1.54) is 5.69 Å². The van der Waals surface area contributed by atoms with Crippen LogP contribution in [-0.2, 0) is 18.4 Å². The lowest BCUT2D eigenvalue weighted by Crippen LogP contribution is -2.20. The van der Waals surface area contributed by atoms with Crippen LogP contribution in [0.5, 0.6) is 0 Å². The number of nitrogens with zero attached hydrogens (tertiary/aromatic N) is 1. The Balaban J connectivity index is 3.22. The predicted molar refractivity (Wildman–Crippen MR) is 72.7 cm³/mol. The molecule has 1 N–H and O–H groups in total. The molecule has 0 aromatic carbocycles. The molecule has 3 nitrogen and oxygen atoms in total. The summed E-state index contributed by atoms with van der Waals surface area (Å²) in [7, 11) is 0. The van der Waals surface area contributed by atoms with Crippen LogP contribution in [0.25, 0.3) is 0 Å². The summed E-state index contributed by atoms with van der Waals surface area (Å²) in [5, 5.41) is 2.99. The van der Waals surface area contributed by atoms with Gasteiger partial charge in [0.05, 0.1) is 0 Å². The normalized spacial score (nSPS) is 12.1. The third-order valence-corrected chi connectivity index (χ3v) is 3.00. The highest BCUT2D eigenvalue weighted by atomic mass is 16.1. The second-order valence-electron chi connectivity index (χ2n) is 5.77. The van der Waals surface area contributed by atoms with Gasteiger partial charge in [0.15, 0.2) is 0 Å². The summed E-state index contributed by atoms with van der Waals surface area (Å²) in [4.78, 5) is 12.0. The maximum atomic E-state index is 12.0. The van der Waals surface area contributed by atoms with Gasteiger partial charge in [-0.2, -0.15) is 0 Å². The number of aryl methyl sites for hydroxylation is 1. The second kappa shape index (κ2) is 5.56. The quantitative estimate of drug-likeness (QED) is 0.840. The number of rotatable bonds is 5. The van der Waals surface area contributed by atoms with E-state index < -0.39 is 0 Å². The molecule has 0 aliphatic heterocycles. The largest absolute Gasteiger partial charge is 0.288 e. The van der Waals surface area contributed by atoms with Gasteiger partial charge in [0.1, 0.15) is 0 Å². The van der Waals surface area contributed by atoms with Gasteiger partial charge < -0.3 is 0 Å². The van der Waals surface area contributed by atoms with E-state index in [2.05, 4.69) is 39.7 Å². The van der Waals surface area contributed by atoms with E-state index in [1.807, 2.05) is 4.68 Å². The van der Waals surface area contributed by atoms with Gasteiger partial charge in [-0.1, -0.05) is 41.0 Å². The van der Waals surface area contributed by atoms with Crippen LogP contribution < -0.4 is 5.56 Å². The first-order chi connectivity index (χ1) is 7.91. The van der Waals surface area contributed by atoms with Crippen LogP contribution >= 0.6 is 0 Å². The highest BCUT2D eigenvalue weighted by molar-refractivity contribution is 5.25. The minimum Gasteiger partial charge on any atom is -0.288 e. The lowest BCUT2D eigenvalue weighted by atomic mass is 9.87. The summed E-state index contributed by atoms with van der Waals surface area (Å²) in [6.45, 7) is 11.7. The monoisotopic (exact) mass is 238 g/mol. The van der Waals surface area contributed by atoms with Crippen molar-refractivity contribution in [3.05, 3.63) is 21.6 Å². The maximum absolute atomic E-state index is 12.0.